The summed E-state index contributed by atoms with van der Waals surface area (Å²) < 4.78 is 5.58. The number of rotatable bonds is 5. The van der Waals surface area contributed by atoms with Crippen molar-refractivity contribution in [3.05, 3.63) is 53.2 Å². The second-order valence-electron chi connectivity index (χ2n) is 5.95. The molecule has 26 heavy (non-hydrogen) atoms. The summed E-state index contributed by atoms with van der Waals surface area (Å²) in [5.41, 5.74) is 6.47. The molecule has 8 heteroatoms. The van der Waals surface area contributed by atoms with Gasteiger partial charge < -0.3 is 21.1 Å². The molecule has 1 aliphatic heterocycles. The lowest BCUT2D eigenvalue weighted by Crippen LogP contribution is -2.29. The van der Waals surface area contributed by atoms with E-state index >= 15 is 0 Å². The van der Waals surface area contributed by atoms with Crippen LogP contribution in [0.5, 0.6) is 0 Å². The lowest BCUT2D eigenvalue weighted by atomic mass is 10.1. The van der Waals surface area contributed by atoms with Crippen molar-refractivity contribution in [2.75, 3.05) is 17.2 Å². The number of aromatic nitrogens is 1. The minimum Gasteiger partial charge on any atom is -0.364 e. The number of carbonyl (C=O) groups is 2. The van der Waals surface area contributed by atoms with Crippen LogP contribution >= 0.6 is 11.6 Å². The fourth-order valence-corrected chi connectivity index (χ4v) is 2.78. The second kappa shape index (κ2) is 8.27. The molecule has 0 unspecified atom stereocenters. The topological polar surface area (TPSA) is 106 Å². The summed E-state index contributed by atoms with van der Waals surface area (Å²) in [7, 11) is 0. The number of hydrogen-bond donors (Lipinski definition) is 3. The van der Waals surface area contributed by atoms with Crippen molar-refractivity contribution in [1.29, 1.82) is 0 Å². The van der Waals surface area contributed by atoms with E-state index in [0.29, 0.717) is 35.1 Å². The zero-order valence-corrected chi connectivity index (χ0v) is 14.7. The van der Waals surface area contributed by atoms with Crippen LogP contribution in [0.2, 0.25) is 5.02 Å². The van der Waals surface area contributed by atoms with Gasteiger partial charge in [0, 0.05) is 24.0 Å². The van der Waals surface area contributed by atoms with Crippen LogP contribution in [0.4, 0.5) is 11.5 Å². The summed E-state index contributed by atoms with van der Waals surface area (Å²) in [5, 5.41) is 5.94. The lowest BCUT2D eigenvalue weighted by molar-refractivity contribution is -0.126. The maximum absolute atomic E-state index is 12.3. The third-order valence-corrected chi connectivity index (χ3v) is 4.25. The van der Waals surface area contributed by atoms with Gasteiger partial charge in [-0.05, 0) is 43.2 Å². The molecule has 2 atom stereocenters. The molecule has 4 N–H and O–H groups in total. The molecule has 1 fully saturated rings. The van der Waals surface area contributed by atoms with E-state index in [2.05, 4.69) is 15.6 Å². The van der Waals surface area contributed by atoms with Crippen molar-refractivity contribution >= 4 is 34.9 Å². The fourth-order valence-electron chi connectivity index (χ4n) is 2.67. The van der Waals surface area contributed by atoms with Gasteiger partial charge in [-0.2, -0.15) is 0 Å². The van der Waals surface area contributed by atoms with Crippen LogP contribution in [0.15, 0.2) is 42.6 Å². The number of benzene rings is 1. The Labute approximate surface area is 155 Å². The quantitative estimate of drug-likeness (QED) is 0.745. The van der Waals surface area contributed by atoms with Gasteiger partial charge in [0.05, 0.1) is 11.1 Å². The van der Waals surface area contributed by atoms with Crippen molar-refractivity contribution < 1.29 is 14.3 Å². The number of ether oxygens (including phenoxy) is 1. The summed E-state index contributed by atoms with van der Waals surface area (Å²) in [4.78, 5) is 28.6. The maximum atomic E-state index is 12.3. The molecule has 1 aromatic heterocycles. The highest BCUT2D eigenvalue weighted by Crippen LogP contribution is 2.21. The Hall–Kier alpha value is -2.48. The Kier molecular flexibility index (Phi) is 5.82. The molecule has 0 aliphatic carbocycles. The minimum atomic E-state index is -0.515. The zero-order valence-electron chi connectivity index (χ0n) is 13.9. The summed E-state index contributed by atoms with van der Waals surface area (Å²) in [6.07, 6.45) is 2.26. The van der Waals surface area contributed by atoms with E-state index in [-0.39, 0.29) is 17.9 Å². The van der Waals surface area contributed by atoms with E-state index in [1.54, 1.807) is 36.4 Å². The Morgan fingerprint density at radius 1 is 1.23 bits per heavy atom. The third-order valence-electron chi connectivity index (χ3n) is 4.02. The van der Waals surface area contributed by atoms with Crippen molar-refractivity contribution in [2.24, 2.45) is 5.73 Å². The summed E-state index contributed by atoms with van der Waals surface area (Å²) >= 11 is 5.77. The van der Waals surface area contributed by atoms with E-state index in [0.717, 1.165) is 6.42 Å². The predicted molar refractivity (Wildman–Crippen MR) is 99.2 cm³/mol. The molecule has 1 aliphatic rings. The van der Waals surface area contributed by atoms with Gasteiger partial charge >= 0.3 is 0 Å². The molecule has 0 spiro atoms. The molecule has 2 aromatic rings. The number of nitrogens with one attached hydrogen (secondary N) is 2. The van der Waals surface area contributed by atoms with Gasteiger partial charge in [0.15, 0.2) is 0 Å². The van der Waals surface area contributed by atoms with Crippen molar-refractivity contribution in [1.82, 2.24) is 4.98 Å². The molecule has 136 valence electrons. The van der Waals surface area contributed by atoms with Crippen molar-refractivity contribution in [3.63, 3.8) is 0 Å². The van der Waals surface area contributed by atoms with Crippen LogP contribution in [0.1, 0.15) is 23.2 Å². The first-order chi connectivity index (χ1) is 12.5. The summed E-state index contributed by atoms with van der Waals surface area (Å²) in [6, 6.07) is 9.90. The van der Waals surface area contributed by atoms with Gasteiger partial charge in [0.1, 0.15) is 11.9 Å². The molecule has 2 heterocycles. The first kappa shape index (κ1) is 18.3. The smallest absolute Gasteiger partial charge is 0.256 e. The summed E-state index contributed by atoms with van der Waals surface area (Å²) in [5.74, 6) is -0.185. The number of halogens is 1. The largest absolute Gasteiger partial charge is 0.364 e. The van der Waals surface area contributed by atoms with Crippen LogP contribution in [0.3, 0.4) is 0 Å². The highest BCUT2D eigenvalue weighted by Gasteiger charge is 2.29. The first-order valence-electron chi connectivity index (χ1n) is 8.24. The third kappa shape index (κ3) is 4.57. The summed E-state index contributed by atoms with van der Waals surface area (Å²) in [6.45, 7) is 0.401. The van der Waals surface area contributed by atoms with Crippen LogP contribution < -0.4 is 16.4 Å². The molecular formula is C18H19ClN4O3. The molecule has 1 saturated heterocycles. The predicted octanol–water partition coefficient (Wildman–Crippen LogP) is 2.43. The van der Waals surface area contributed by atoms with E-state index in [1.807, 2.05) is 0 Å². The van der Waals surface area contributed by atoms with E-state index in [9.17, 15) is 9.59 Å². The van der Waals surface area contributed by atoms with Gasteiger partial charge in [-0.15, -0.1) is 0 Å². The molecule has 3 rings (SSSR count). The highest BCUT2D eigenvalue weighted by atomic mass is 35.5. The number of hydrogen-bond acceptors (Lipinski definition) is 5. The van der Waals surface area contributed by atoms with Crippen LogP contribution in [0.25, 0.3) is 0 Å². The standard InChI is InChI=1S/C18H19ClN4O3/c19-12-4-7-16(21-10-12)23-17(24)11-2-1-3-13(8-11)22-18(25)15-6-5-14(9-20)26-15/h1-4,7-8,10,14-15H,5-6,9,20H2,(H,22,25)(H,21,23,24)/t14-,15+/m1/s1. The average Bonchev–Trinajstić information content (AvgIpc) is 3.13. The van der Waals surface area contributed by atoms with Crippen LogP contribution in [-0.4, -0.2) is 35.6 Å². The molecule has 0 bridgehead atoms. The number of pyridine rings is 1. The Bertz CT molecular complexity index is 797. The monoisotopic (exact) mass is 374 g/mol. The number of anilines is 2. The van der Waals surface area contributed by atoms with E-state index in [4.69, 9.17) is 22.1 Å². The fraction of sp³-hybridized carbons (Fsp3) is 0.278. The second-order valence-corrected chi connectivity index (χ2v) is 6.38. The normalized spacial score (nSPS) is 19.2. The number of amides is 2. The van der Waals surface area contributed by atoms with Gasteiger partial charge in [-0.25, -0.2) is 4.98 Å². The Morgan fingerprint density at radius 2 is 2.08 bits per heavy atom. The number of nitrogens with zero attached hydrogens (tertiary/aromatic N) is 1. The molecule has 1 aromatic carbocycles. The minimum absolute atomic E-state index is 0.0743. The van der Waals surface area contributed by atoms with Gasteiger partial charge in [-0.1, -0.05) is 17.7 Å². The number of carbonyl (C=O) groups excluding carboxylic acids is 2. The van der Waals surface area contributed by atoms with Crippen LogP contribution in [-0.2, 0) is 9.53 Å². The Morgan fingerprint density at radius 3 is 2.77 bits per heavy atom. The highest BCUT2D eigenvalue weighted by molar-refractivity contribution is 6.30. The van der Waals surface area contributed by atoms with Gasteiger partial charge in [0.2, 0.25) is 0 Å². The van der Waals surface area contributed by atoms with Crippen molar-refractivity contribution in [3.8, 4) is 0 Å². The molecular weight excluding hydrogens is 356 g/mol. The molecule has 0 saturated carbocycles. The van der Waals surface area contributed by atoms with Gasteiger partial charge in [0.25, 0.3) is 11.8 Å². The maximum Gasteiger partial charge on any atom is 0.256 e. The molecule has 2 amide bonds. The van der Waals surface area contributed by atoms with E-state index in [1.165, 1.54) is 6.20 Å². The lowest BCUT2D eigenvalue weighted by Gasteiger charge is -2.13. The van der Waals surface area contributed by atoms with Crippen LogP contribution in [0, 0.1) is 0 Å². The molecule has 7 nitrogen and oxygen atoms in total. The SMILES string of the molecule is NC[C@H]1CC[C@@H](C(=O)Nc2cccc(C(=O)Nc3ccc(Cl)cn3)c2)O1. The van der Waals surface area contributed by atoms with Gasteiger partial charge in [-0.3, -0.25) is 9.59 Å². The number of nitrogens with two attached hydrogens (primary N) is 1. The zero-order chi connectivity index (χ0) is 18.5. The molecule has 0 radical (unpaired) electrons. The first-order valence-corrected chi connectivity index (χ1v) is 8.62. The Balaban J connectivity index is 1.63. The average molecular weight is 375 g/mol. The van der Waals surface area contributed by atoms with E-state index < -0.39 is 6.10 Å². The van der Waals surface area contributed by atoms with Crippen molar-refractivity contribution in [2.45, 2.75) is 25.0 Å².